The predicted molar refractivity (Wildman–Crippen MR) is 131 cm³/mol. The molecule has 35 heavy (non-hydrogen) atoms. The third kappa shape index (κ3) is 5.55. The molecule has 2 aliphatic rings. The molecule has 4 amide bonds. The first kappa shape index (κ1) is 26.4. The number of hydrogen-bond acceptors (Lipinski definition) is 5. The van der Waals surface area contributed by atoms with Crippen LogP contribution in [0, 0.1) is 11.3 Å². The Kier molecular flexibility index (Phi) is 6.85. The van der Waals surface area contributed by atoms with Gasteiger partial charge in [-0.3, -0.25) is 24.0 Å². The van der Waals surface area contributed by atoms with E-state index in [0.717, 1.165) is 5.56 Å². The Morgan fingerprint density at radius 2 is 1.77 bits per heavy atom. The van der Waals surface area contributed by atoms with Crippen molar-refractivity contribution in [2.75, 3.05) is 11.9 Å². The molecule has 9 nitrogen and oxygen atoms in total. The summed E-state index contributed by atoms with van der Waals surface area (Å²) in [5, 5.41) is 5.49. The quantitative estimate of drug-likeness (QED) is 0.529. The Hall–Kier alpha value is -3.23. The number of rotatable bonds is 6. The maximum atomic E-state index is 13.8. The number of amides is 4. The molecule has 3 atom stereocenters. The normalized spacial score (nSPS) is 22.5. The average molecular weight is 485 g/mol. The van der Waals surface area contributed by atoms with E-state index in [1.807, 2.05) is 26.8 Å². The number of benzene rings is 1. The molecule has 0 radical (unpaired) electrons. The van der Waals surface area contributed by atoms with Crippen molar-refractivity contribution in [3.63, 3.8) is 0 Å². The summed E-state index contributed by atoms with van der Waals surface area (Å²) in [5.41, 5.74) is 5.04. The zero-order valence-electron chi connectivity index (χ0n) is 21.4. The van der Waals surface area contributed by atoms with Crippen LogP contribution in [0.2, 0.25) is 0 Å². The first-order chi connectivity index (χ1) is 16.0. The van der Waals surface area contributed by atoms with Crippen LogP contribution in [0.3, 0.4) is 0 Å². The first-order valence-corrected chi connectivity index (χ1v) is 11.9. The number of Topliss-reactive ketones (excluding diaryl/α,β-unsaturated/α-hetero) is 1. The summed E-state index contributed by atoms with van der Waals surface area (Å²) in [5.74, 6) is -3.74. The van der Waals surface area contributed by atoms with Crippen molar-refractivity contribution < 1.29 is 24.0 Å². The highest BCUT2D eigenvalue weighted by molar-refractivity contribution is 6.36. The second-order valence-corrected chi connectivity index (χ2v) is 12.0. The van der Waals surface area contributed by atoms with Gasteiger partial charge in [0, 0.05) is 30.1 Å². The van der Waals surface area contributed by atoms with E-state index < -0.39 is 46.4 Å². The lowest BCUT2D eigenvalue weighted by molar-refractivity contribution is -0.145. The lowest BCUT2D eigenvalue weighted by Gasteiger charge is -2.31. The number of hydrogen-bond donors (Lipinski definition) is 3. The number of carbonyl (C=O) groups excluding carboxylic acids is 5. The smallest absolute Gasteiger partial charge is 0.287 e. The summed E-state index contributed by atoms with van der Waals surface area (Å²) in [7, 11) is 0. The highest BCUT2D eigenvalue weighted by atomic mass is 16.2. The number of nitrogens with one attached hydrogen (secondary N) is 2. The van der Waals surface area contributed by atoms with Gasteiger partial charge in [-0.2, -0.15) is 0 Å². The molecule has 4 N–H and O–H groups in total. The summed E-state index contributed by atoms with van der Waals surface area (Å²) in [6.07, 6.45) is 0.0888. The molecule has 0 unspecified atom stereocenters. The van der Waals surface area contributed by atoms with Crippen LogP contribution in [-0.2, 0) is 29.4 Å². The molecule has 0 aromatic heterocycles. The topological polar surface area (TPSA) is 139 Å². The number of nitrogens with two attached hydrogens (primary N) is 1. The monoisotopic (exact) mass is 484 g/mol. The number of fused-ring (bicyclic) bond motifs is 2. The standard InChI is InChI=1S/C26H36N4O5/c1-24(2,3)12-15(11-19(31)21(33)29-25(4,5)6)22(34)30-14-26(13-18(30)20(27)32)16-9-7-8-10-17(16)28-23(26)35/h7-10,15,18H,11-14H2,1-6H3,(H2,27,32)(H,28,35)(H,29,33)/t15-,18-,26-/m0/s1. The van der Waals surface area contributed by atoms with Crippen LogP contribution in [-0.4, -0.2) is 52.4 Å². The van der Waals surface area contributed by atoms with E-state index in [4.69, 9.17) is 5.73 Å². The molecule has 2 aliphatic heterocycles. The van der Waals surface area contributed by atoms with Gasteiger partial charge in [0.1, 0.15) is 6.04 Å². The Morgan fingerprint density at radius 3 is 2.34 bits per heavy atom. The Labute approximate surface area is 206 Å². The van der Waals surface area contributed by atoms with E-state index in [1.165, 1.54) is 4.90 Å². The molecule has 1 aromatic rings. The number of anilines is 1. The fourth-order valence-electron chi connectivity index (χ4n) is 5.07. The van der Waals surface area contributed by atoms with Crippen LogP contribution < -0.4 is 16.4 Å². The summed E-state index contributed by atoms with van der Waals surface area (Å²) in [6, 6.07) is 6.20. The first-order valence-electron chi connectivity index (χ1n) is 11.9. The highest BCUT2D eigenvalue weighted by Gasteiger charge is 2.57. The van der Waals surface area contributed by atoms with Crippen molar-refractivity contribution in [1.29, 1.82) is 0 Å². The maximum Gasteiger partial charge on any atom is 0.287 e. The van der Waals surface area contributed by atoms with Crippen molar-refractivity contribution in [3.8, 4) is 0 Å². The molecule has 1 fully saturated rings. The van der Waals surface area contributed by atoms with Crippen LogP contribution in [0.25, 0.3) is 0 Å². The van der Waals surface area contributed by atoms with E-state index >= 15 is 0 Å². The maximum absolute atomic E-state index is 13.8. The van der Waals surface area contributed by atoms with Crippen LogP contribution in [0.4, 0.5) is 5.69 Å². The van der Waals surface area contributed by atoms with Crippen molar-refractivity contribution in [2.24, 2.45) is 17.1 Å². The third-order valence-corrected chi connectivity index (χ3v) is 6.48. The fourth-order valence-corrected chi connectivity index (χ4v) is 5.07. The van der Waals surface area contributed by atoms with Gasteiger partial charge in [-0.05, 0) is 50.7 Å². The fraction of sp³-hybridized carbons (Fsp3) is 0.577. The predicted octanol–water partition coefficient (Wildman–Crippen LogP) is 1.89. The van der Waals surface area contributed by atoms with Crippen molar-refractivity contribution in [3.05, 3.63) is 29.8 Å². The van der Waals surface area contributed by atoms with Gasteiger partial charge < -0.3 is 21.3 Å². The second-order valence-electron chi connectivity index (χ2n) is 12.0. The van der Waals surface area contributed by atoms with Crippen molar-refractivity contribution >= 4 is 35.1 Å². The number of nitrogens with zero attached hydrogens (tertiary/aromatic N) is 1. The molecule has 0 aliphatic carbocycles. The Bertz CT molecular complexity index is 1070. The van der Waals surface area contributed by atoms with E-state index in [2.05, 4.69) is 10.6 Å². The number of carbonyl (C=O) groups is 5. The van der Waals surface area contributed by atoms with Crippen molar-refractivity contribution in [1.82, 2.24) is 10.2 Å². The van der Waals surface area contributed by atoms with Gasteiger partial charge in [0.25, 0.3) is 5.91 Å². The van der Waals surface area contributed by atoms with Gasteiger partial charge in [-0.25, -0.2) is 0 Å². The van der Waals surface area contributed by atoms with Crippen LogP contribution in [0.5, 0.6) is 0 Å². The molecule has 1 aromatic carbocycles. The minimum Gasteiger partial charge on any atom is -0.368 e. The number of primary amides is 1. The van der Waals surface area contributed by atoms with Gasteiger partial charge in [0.15, 0.2) is 0 Å². The number of ketones is 1. The second kappa shape index (κ2) is 9.09. The summed E-state index contributed by atoms with van der Waals surface area (Å²) in [4.78, 5) is 65.9. The largest absolute Gasteiger partial charge is 0.368 e. The van der Waals surface area contributed by atoms with Crippen LogP contribution in [0.15, 0.2) is 24.3 Å². The number of likely N-dealkylation sites (tertiary alicyclic amines) is 1. The van der Waals surface area contributed by atoms with Crippen molar-refractivity contribution in [2.45, 2.75) is 77.8 Å². The van der Waals surface area contributed by atoms with Gasteiger partial charge >= 0.3 is 0 Å². The number of para-hydroxylation sites is 1. The van der Waals surface area contributed by atoms with Gasteiger partial charge in [0.2, 0.25) is 23.5 Å². The minimum atomic E-state index is -1.09. The van der Waals surface area contributed by atoms with Crippen LogP contribution in [0.1, 0.15) is 66.4 Å². The average Bonchev–Trinajstić information content (AvgIpc) is 3.24. The summed E-state index contributed by atoms with van der Waals surface area (Å²) in [6.45, 7) is 11.1. The van der Waals surface area contributed by atoms with Gasteiger partial charge in [0.05, 0.1) is 5.41 Å². The molecule has 0 saturated carbocycles. The van der Waals surface area contributed by atoms with E-state index in [-0.39, 0.29) is 30.7 Å². The molecule has 2 heterocycles. The molecule has 1 spiro atoms. The Balaban J connectivity index is 1.92. The summed E-state index contributed by atoms with van der Waals surface area (Å²) >= 11 is 0. The van der Waals surface area contributed by atoms with E-state index in [0.29, 0.717) is 12.1 Å². The highest BCUT2D eigenvalue weighted by Crippen LogP contribution is 2.47. The van der Waals surface area contributed by atoms with Crippen LogP contribution >= 0.6 is 0 Å². The molecular formula is C26H36N4O5. The summed E-state index contributed by atoms with van der Waals surface area (Å²) < 4.78 is 0. The van der Waals surface area contributed by atoms with Gasteiger partial charge in [-0.15, -0.1) is 0 Å². The molecular weight excluding hydrogens is 448 g/mol. The minimum absolute atomic E-state index is 0.0225. The lowest BCUT2D eigenvalue weighted by Crippen LogP contribution is -2.49. The van der Waals surface area contributed by atoms with E-state index in [1.54, 1.807) is 39.0 Å². The lowest BCUT2D eigenvalue weighted by atomic mass is 9.79. The molecule has 9 heteroatoms. The molecule has 0 bridgehead atoms. The zero-order valence-corrected chi connectivity index (χ0v) is 21.4. The zero-order chi connectivity index (χ0) is 26.3. The third-order valence-electron chi connectivity index (χ3n) is 6.48. The molecule has 190 valence electrons. The molecule has 1 saturated heterocycles. The Morgan fingerprint density at radius 1 is 1.14 bits per heavy atom. The van der Waals surface area contributed by atoms with Gasteiger partial charge in [-0.1, -0.05) is 39.0 Å². The SMILES string of the molecule is CC(C)(C)C[C@H](CC(=O)C(=O)NC(C)(C)C)C(=O)N1C[C@]2(C[C@H]1C(N)=O)C(=O)Nc1ccccc12. The molecule has 3 rings (SSSR count). The van der Waals surface area contributed by atoms with E-state index in [9.17, 15) is 24.0 Å².